The number of carbonyl (C=O) groups excluding carboxylic acids is 1. The summed E-state index contributed by atoms with van der Waals surface area (Å²) in [6.45, 7) is 4.78. The fourth-order valence-electron chi connectivity index (χ4n) is 3.74. The van der Waals surface area contributed by atoms with Crippen molar-refractivity contribution in [2.45, 2.75) is 39.5 Å². The number of anilines is 2. The molecule has 2 N–H and O–H groups in total. The number of rotatable bonds is 12. The number of thiazole rings is 1. The fourth-order valence-corrected chi connectivity index (χ4v) is 5.09. The maximum absolute atomic E-state index is 12.6. The Hall–Kier alpha value is -3.39. The van der Waals surface area contributed by atoms with Gasteiger partial charge in [-0.2, -0.15) is 5.10 Å². The van der Waals surface area contributed by atoms with Crippen molar-refractivity contribution in [1.82, 2.24) is 10.4 Å². The molecule has 0 bridgehead atoms. The molecule has 4 aromatic rings. The van der Waals surface area contributed by atoms with Gasteiger partial charge in [0.15, 0.2) is 10.9 Å². The van der Waals surface area contributed by atoms with Gasteiger partial charge in [0.1, 0.15) is 0 Å². The van der Waals surface area contributed by atoms with Crippen molar-refractivity contribution in [1.29, 1.82) is 0 Å². The van der Waals surface area contributed by atoms with Crippen LogP contribution in [0.1, 0.15) is 54.1 Å². The number of hydrogen-bond acceptors (Lipinski definition) is 6. The van der Waals surface area contributed by atoms with Crippen LogP contribution in [0.2, 0.25) is 10.0 Å². The van der Waals surface area contributed by atoms with Gasteiger partial charge in [-0.25, -0.2) is 10.4 Å². The Balaban J connectivity index is 1.31. The first-order valence-electron chi connectivity index (χ1n) is 12.8. The Morgan fingerprint density at radius 3 is 2.44 bits per heavy atom. The molecule has 202 valence electrons. The van der Waals surface area contributed by atoms with Gasteiger partial charge in [-0.1, -0.05) is 79.2 Å². The zero-order valence-electron chi connectivity index (χ0n) is 21.8. The number of hydrogen-bond donors (Lipinski definition) is 2. The number of aryl methyl sites for hydroxylation is 1. The molecule has 0 atom stereocenters. The van der Waals surface area contributed by atoms with E-state index in [4.69, 9.17) is 27.9 Å². The van der Waals surface area contributed by atoms with Gasteiger partial charge in [-0.3, -0.25) is 4.79 Å². The first-order valence-corrected chi connectivity index (χ1v) is 14.4. The van der Waals surface area contributed by atoms with Crippen LogP contribution >= 0.6 is 34.5 Å². The second kappa shape index (κ2) is 14.1. The summed E-state index contributed by atoms with van der Waals surface area (Å²) in [4.78, 5) is 17.2. The lowest BCUT2D eigenvalue weighted by Gasteiger charge is -2.10. The highest BCUT2D eigenvalue weighted by molar-refractivity contribution is 7.14. The van der Waals surface area contributed by atoms with E-state index in [1.165, 1.54) is 29.5 Å². The smallest absolute Gasteiger partial charge is 0.271 e. The molecule has 0 unspecified atom stereocenters. The topological polar surface area (TPSA) is 75.6 Å². The van der Waals surface area contributed by atoms with Gasteiger partial charge < -0.3 is 10.1 Å². The zero-order chi connectivity index (χ0) is 27.6. The number of halogens is 2. The molecule has 3 aromatic carbocycles. The third-order valence-corrected chi connectivity index (χ3v) is 7.21. The third-order valence-electron chi connectivity index (χ3n) is 5.89. The van der Waals surface area contributed by atoms with Crippen LogP contribution in [0.4, 0.5) is 10.8 Å². The monoisotopic (exact) mass is 580 g/mol. The Labute approximate surface area is 243 Å². The largest absolute Gasteiger partial charge is 0.490 e. The zero-order valence-corrected chi connectivity index (χ0v) is 24.2. The molecule has 1 aromatic heterocycles. The first kappa shape index (κ1) is 28.6. The molecule has 4 rings (SSSR count). The average Bonchev–Trinajstić information content (AvgIpc) is 3.39. The second-order valence-corrected chi connectivity index (χ2v) is 10.7. The summed E-state index contributed by atoms with van der Waals surface area (Å²) in [5, 5.41) is 11.0. The van der Waals surface area contributed by atoms with Gasteiger partial charge in [0, 0.05) is 22.2 Å². The predicted molar refractivity (Wildman–Crippen MR) is 163 cm³/mol. The molecule has 0 aliphatic heterocycles. The highest BCUT2D eigenvalue weighted by Gasteiger charge is 2.11. The Morgan fingerprint density at radius 2 is 1.74 bits per heavy atom. The molecule has 1 amide bonds. The Bertz CT molecular complexity index is 1400. The van der Waals surface area contributed by atoms with Crippen molar-refractivity contribution in [2.24, 2.45) is 5.10 Å². The van der Waals surface area contributed by atoms with E-state index < -0.39 is 0 Å². The normalized spacial score (nSPS) is 11.1. The molecule has 0 saturated heterocycles. The lowest BCUT2D eigenvalue weighted by molar-refractivity contribution is 0.0955. The van der Waals surface area contributed by atoms with Crippen molar-refractivity contribution < 1.29 is 9.53 Å². The van der Waals surface area contributed by atoms with Gasteiger partial charge >= 0.3 is 0 Å². The van der Waals surface area contributed by atoms with Crippen LogP contribution in [0.15, 0.2) is 71.1 Å². The van der Waals surface area contributed by atoms with Gasteiger partial charge in [-0.15, -0.1) is 11.3 Å². The number of aromatic nitrogens is 1. The minimum Gasteiger partial charge on any atom is -0.490 e. The van der Waals surface area contributed by atoms with Gasteiger partial charge in [0.05, 0.1) is 28.6 Å². The SMILES string of the molecule is CCCCCCOc1c(Cl)cc(/C=N/NC(=O)c2ccc(-c3csc(Nc4ccc(C)cc4)n3)cc2)cc1Cl. The number of nitrogens with zero attached hydrogens (tertiary/aromatic N) is 2. The minimum absolute atomic E-state index is 0.331. The summed E-state index contributed by atoms with van der Waals surface area (Å²) < 4.78 is 5.76. The summed E-state index contributed by atoms with van der Waals surface area (Å²) in [6.07, 6.45) is 5.89. The van der Waals surface area contributed by atoms with Gasteiger partial charge in [0.25, 0.3) is 5.91 Å². The number of unbranched alkanes of at least 4 members (excludes halogenated alkanes) is 3. The molecule has 0 aliphatic rings. The Kier molecular flexibility index (Phi) is 10.4. The Morgan fingerprint density at radius 1 is 1.03 bits per heavy atom. The van der Waals surface area contributed by atoms with Crippen molar-refractivity contribution in [3.8, 4) is 17.0 Å². The quantitative estimate of drug-likeness (QED) is 0.0995. The number of hydrazone groups is 1. The van der Waals surface area contributed by atoms with E-state index in [9.17, 15) is 4.79 Å². The molecule has 0 saturated carbocycles. The fraction of sp³-hybridized carbons (Fsp3) is 0.233. The molecule has 6 nitrogen and oxygen atoms in total. The molecule has 1 heterocycles. The number of carbonyl (C=O) groups is 1. The van der Waals surface area contributed by atoms with Crippen LogP contribution in [0.25, 0.3) is 11.3 Å². The molecular weight excluding hydrogens is 551 g/mol. The lowest BCUT2D eigenvalue weighted by Crippen LogP contribution is -2.17. The van der Waals surface area contributed by atoms with Gasteiger partial charge in [-0.05, 0) is 55.3 Å². The van der Waals surface area contributed by atoms with Crippen molar-refractivity contribution in [2.75, 3.05) is 11.9 Å². The molecule has 9 heteroatoms. The molecule has 39 heavy (non-hydrogen) atoms. The second-order valence-electron chi connectivity index (χ2n) is 9.03. The average molecular weight is 582 g/mol. The summed E-state index contributed by atoms with van der Waals surface area (Å²) in [6, 6.07) is 18.8. The number of benzene rings is 3. The summed E-state index contributed by atoms with van der Waals surface area (Å²) >= 11 is 14.2. The van der Waals surface area contributed by atoms with Crippen LogP contribution in [0.3, 0.4) is 0 Å². The van der Waals surface area contributed by atoms with E-state index in [0.29, 0.717) is 33.5 Å². The van der Waals surface area contributed by atoms with E-state index in [-0.39, 0.29) is 5.91 Å². The maximum atomic E-state index is 12.6. The van der Waals surface area contributed by atoms with Crippen LogP contribution < -0.4 is 15.5 Å². The van der Waals surface area contributed by atoms with Crippen molar-refractivity contribution >= 4 is 57.5 Å². The summed E-state index contributed by atoms with van der Waals surface area (Å²) in [5.74, 6) is 0.135. The molecule has 0 radical (unpaired) electrons. The maximum Gasteiger partial charge on any atom is 0.271 e. The number of amides is 1. The molecule has 0 fully saturated rings. The molecule has 0 aliphatic carbocycles. The molecule has 0 spiro atoms. The van der Waals surface area contributed by atoms with E-state index in [1.807, 2.05) is 29.6 Å². The van der Waals surface area contributed by atoms with Crippen LogP contribution in [0, 0.1) is 6.92 Å². The van der Waals surface area contributed by atoms with Crippen LogP contribution in [-0.4, -0.2) is 23.7 Å². The van der Waals surface area contributed by atoms with Crippen molar-refractivity contribution in [3.63, 3.8) is 0 Å². The van der Waals surface area contributed by atoms with Crippen LogP contribution in [-0.2, 0) is 0 Å². The first-order chi connectivity index (χ1) is 18.9. The summed E-state index contributed by atoms with van der Waals surface area (Å²) in [7, 11) is 0. The van der Waals surface area contributed by atoms with Gasteiger partial charge in [0.2, 0.25) is 0 Å². The number of nitrogens with one attached hydrogen (secondary N) is 2. The molecular formula is C30H30Cl2N4O2S. The van der Waals surface area contributed by atoms with Crippen LogP contribution in [0.5, 0.6) is 5.75 Å². The van der Waals surface area contributed by atoms with E-state index in [2.05, 4.69) is 46.8 Å². The van der Waals surface area contributed by atoms with E-state index in [0.717, 1.165) is 41.3 Å². The highest BCUT2D eigenvalue weighted by atomic mass is 35.5. The van der Waals surface area contributed by atoms with E-state index >= 15 is 0 Å². The number of ether oxygens (including phenoxy) is 1. The summed E-state index contributed by atoms with van der Waals surface area (Å²) in [5.41, 5.74) is 7.61. The van der Waals surface area contributed by atoms with Crippen molar-refractivity contribution in [3.05, 3.63) is 92.8 Å². The minimum atomic E-state index is -0.331. The third kappa shape index (κ3) is 8.30. The van der Waals surface area contributed by atoms with E-state index in [1.54, 1.807) is 24.3 Å². The predicted octanol–water partition coefficient (Wildman–Crippen LogP) is 8.89. The highest BCUT2D eigenvalue weighted by Crippen LogP contribution is 2.34. The lowest BCUT2D eigenvalue weighted by atomic mass is 10.1. The standard InChI is InChI=1S/C30H30Cl2N4O2S/c1-3-4-5-6-15-38-28-25(31)16-21(17-26(28)32)18-33-36-29(37)23-11-9-22(10-12-23)27-19-39-30(35-27)34-24-13-7-20(2)8-14-24/h7-14,16-19H,3-6,15H2,1-2H3,(H,34,35)(H,36,37)/b33-18+.